The van der Waals surface area contributed by atoms with E-state index in [1.54, 1.807) is 0 Å². The third-order valence-electron chi connectivity index (χ3n) is 6.02. The van der Waals surface area contributed by atoms with Crippen molar-refractivity contribution in [2.45, 2.75) is 45.1 Å². The van der Waals surface area contributed by atoms with Crippen LogP contribution in [-0.2, 0) is 20.9 Å². The molecule has 0 N–H and O–H groups in total. The van der Waals surface area contributed by atoms with Gasteiger partial charge in [0.1, 0.15) is 11.7 Å². The first-order valence-electron chi connectivity index (χ1n) is 10.0. The van der Waals surface area contributed by atoms with Crippen LogP contribution < -0.4 is 4.74 Å². The van der Waals surface area contributed by atoms with Gasteiger partial charge in [0.05, 0.1) is 6.54 Å². The van der Waals surface area contributed by atoms with Gasteiger partial charge >= 0.3 is 5.97 Å². The molecule has 0 saturated heterocycles. The van der Waals surface area contributed by atoms with Gasteiger partial charge in [-0.05, 0) is 38.2 Å². The number of esters is 1. The van der Waals surface area contributed by atoms with Crippen molar-refractivity contribution in [3.8, 4) is 5.75 Å². The Labute approximate surface area is 169 Å². The molecule has 0 aromatic heterocycles. The number of imide groups is 1. The summed E-state index contributed by atoms with van der Waals surface area (Å²) in [6, 6.07) is 13.4. The number of carbonyl (C=O) groups is 3. The summed E-state index contributed by atoms with van der Waals surface area (Å²) < 4.78 is 5.66. The summed E-state index contributed by atoms with van der Waals surface area (Å²) in [6.45, 7) is 2.08. The van der Waals surface area contributed by atoms with Gasteiger partial charge in [0, 0.05) is 22.3 Å². The van der Waals surface area contributed by atoms with Crippen LogP contribution in [0.2, 0.25) is 0 Å². The van der Waals surface area contributed by atoms with Crippen molar-refractivity contribution in [2.24, 2.45) is 0 Å². The van der Waals surface area contributed by atoms with Crippen LogP contribution in [0.3, 0.4) is 0 Å². The molecule has 2 aromatic carbocycles. The molecule has 0 bridgehead atoms. The summed E-state index contributed by atoms with van der Waals surface area (Å²) in [5.41, 5.74) is 4.68. The van der Waals surface area contributed by atoms with Gasteiger partial charge in [0.15, 0.2) is 0 Å². The van der Waals surface area contributed by atoms with E-state index in [0.29, 0.717) is 35.3 Å². The van der Waals surface area contributed by atoms with Crippen molar-refractivity contribution in [1.29, 1.82) is 0 Å². The monoisotopic (exact) mass is 387 g/mol. The lowest BCUT2D eigenvalue weighted by molar-refractivity contribution is -0.138. The van der Waals surface area contributed by atoms with Crippen LogP contribution in [0.5, 0.6) is 5.75 Å². The largest absolute Gasteiger partial charge is 0.425 e. The Balaban J connectivity index is 1.52. The normalized spacial score (nSPS) is 20.8. The third kappa shape index (κ3) is 2.80. The van der Waals surface area contributed by atoms with Gasteiger partial charge in [-0.2, -0.15) is 0 Å². The zero-order valence-electron chi connectivity index (χ0n) is 16.2. The maximum atomic E-state index is 12.8. The molecule has 1 aliphatic carbocycles. The fourth-order valence-electron chi connectivity index (χ4n) is 4.69. The van der Waals surface area contributed by atoms with Crippen molar-refractivity contribution in [2.75, 3.05) is 0 Å². The number of carbonyl (C=O) groups excluding carboxylic acids is 3. The van der Waals surface area contributed by atoms with Crippen LogP contribution in [0.1, 0.15) is 53.9 Å². The molecule has 2 aromatic rings. The Bertz CT molecular complexity index is 1060. The molecule has 0 radical (unpaired) electrons. The Hall–Kier alpha value is -3.21. The summed E-state index contributed by atoms with van der Waals surface area (Å²) in [5, 5.41) is 0. The quantitative estimate of drug-likeness (QED) is 0.457. The number of ether oxygens (including phenoxy) is 1. The lowest BCUT2D eigenvalue weighted by atomic mass is 9.90. The maximum absolute atomic E-state index is 12.8. The summed E-state index contributed by atoms with van der Waals surface area (Å²) in [7, 11) is 0. The highest BCUT2D eigenvalue weighted by atomic mass is 16.5. The first-order chi connectivity index (χ1) is 14.0. The highest BCUT2D eigenvalue weighted by Crippen LogP contribution is 2.43. The van der Waals surface area contributed by atoms with Gasteiger partial charge < -0.3 is 4.74 Å². The number of amides is 2. The van der Waals surface area contributed by atoms with Gasteiger partial charge in [0.2, 0.25) is 0 Å². The predicted molar refractivity (Wildman–Crippen MR) is 106 cm³/mol. The molecule has 29 heavy (non-hydrogen) atoms. The molecule has 0 saturated carbocycles. The second-order valence-electron chi connectivity index (χ2n) is 7.97. The van der Waals surface area contributed by atoms with E-state index in [9.17, 15) is 14.4 Å². The minimum Gasteiger partial charge on any atom is -0.425 e. The first kappa shape index (κ1) is 17.9. The van der Waals surface area contributed by atoms with E-state index < -0.39 is 5.92 Å². The molecule has 3 aliphatic rings. The number of fused-ring (bicyclic) bond motifs is 1. The Morgan fingerprint density at radius 1 is 0.966 bits per heavy atom. The summed E-state index contributed by atoms with van der Waals surface area (Å²) in [6.07, 6.45) is 3.24. The fraction of sp³-hybridized carbons (Fsp3) is 0.292. The zero-order chi connectivity index (χ0) is 20.1. The molecule has 0 spiro atoms. The average molecular weight is 387 g/mol. The van der Waals surface area contributed by atoms with Crippen LogP contribution in [-0.4, -0.2) is 22.7 Å². The van der Waals surface area contributed by atoms with Crippen molar-refractivity contribution in [3.63, 3.8) is 0 Å². The Morgan fingerprint density at radius 3 is 2.28 bits per heavy atom. The lowest BCUT2D eigenvalue weighted by Crippen LogP contribution is -2.31. The Morgan fingerprint density at radius 2 is 1.62 bits per heavy atom. The van der Waals surface area contributed by atoms with E-state index in [1.807, 2.05) is 49.4 Å². The molecule has 2 aliphatic heterocycles. The van der Waals surface area contributed by atoms with Gasteiger partial charge in [-0.3, -0.25) is 19.3 Å². The fourth-order valence-corrected chi connectivity index (χ4v) is 4.69. The number of benzene rings is 2. The molecule has 5 heteroatoms. The van der Waals surface area contributed by atoms with Crippen molar-refractivity contribution in [1.82, 2.24) is 4.90 Å². The van der Waals surface area contributed by atoms with Crippen molar-refractivity contribution < 1.29 is 19.1 Å². The molecular weight excluding hydrogens is 366 g/mol. The van der Waals surface area contributed by atoms with E-state index in [0.717, 1.165) is 29.5 Å². The second-order valence-corrected chi connectivity index (χ2v) is 7.97. The van der Waals surface area contributed by atoms with E-state index in [1.165, 1.54) is 4.90 Å². The second kappa shape index (κ2) is 6.69. The molecule has 5 rings (SSSR count). The van der Waals surface area contributed by atoms with E-state index in [2.05, 4.69) is 0 Å². The summed E-state index contributed by atoms with van der Waals surface area (Å²) in [4.78, 5) is 39.7. The average Bonchev–Trinajstić information content (AvgIpc) is 3.18. The van der Waals surface area contributed by atoms with E-state index in [-0.39, 0.29) is 24.3 Å². The van der Waals surface area contributed by atoms with Crippen LogP contribution in [0.4, 0.5) is 0 Å². The number of nitrogens with zero attached hydrogens (tertiary/aromatic N) is 1. The maximum Gasteiger partial charge on any atom is 0.323 e. The van der Waals surface area contributed by atoms with E-state index in [4.69, 9.17) is 4.74 Å². The standard InChI is InChI=1S/C24H21NO4/c1-14-11-16(13-25-22(26)17-9-5-6-10-18(17)23(25)27)21-19(12-14)20(24(28)29-21)15-7-3-2-4-8-15/h2-4,7-8,11-12,20H,5-6,9-10,13H2,1H3. The lowest BCUT2D eigenvalue weighted by Gasteiger charge is -2.17. The van der Waals surface area contributed by atoms with Crippen LogP contribution in [0.15, 0.2) is 53.6 Å². The zero-order valence-corrected chi connectivity index (χ0v) is 16.2. The number of hydrogen-bond acceptors (Lipinski definition) is 4. The summed E-state index contributed by atoms with van der Waals surface area (Å²) >= 11 is 0. The van der Waals surface area contributed by atoms with Crippen LogP contribution in [0, 0.1) is 6.92 Å². The molecule has 1 atom stereocenters. The number of aryl methyl sites for hydroxylation is 1. The van der Waals surface area contributed by atoms with E-state index >= 15 is 0 Å². The SMILES string of the molecule is Cc1cc(CN2C(=O)C3=C(CCCC3)C2=O)c2c(c1)C(c1ccccc1)C(=O)O2. The Kier molecular flexibility index (Phi) is 4.12. The van der Waals surface area contributed by atoms with Crippen LogP contribution >= 0.6 is 0 Å². The topological polar surface area (TPSA) is 63.7 Å². The number of rotatable bonds is 3. The van der Waals surface area contributed by atoms with Gasteiger partial charge in [-0.1, -0.05) is 48.0 Å². The van der Waals surface area contributed by atoms with Gasteiger partial charge in [0.25, 0.3) is 11.8 Å². The first-order valence-corrected chi connectivity index (χ1v) is 10.0. The molecule has 146 valence electrons. The van der Waals surface area contributed by atoms with Gasteiger partial charge in [-0.25, -0.2) is 0 Å². The molecule has 1 unspecified atom stereocenters. The molecular formula is C24H21NO4. The van der Waals surface area contributed by atoms with Crippen molar-refractivity contribution in [3.05, 3.63) is 75.9 Å². The van der Waals surface area contributed by atoms with Gasteiger partial charge in [-0.15, -0.1) is 0 Å². The highest BCUT2D eigenvalue weighted by Gasteiger charge is 2.41. The summed E-state index contributed by atoms with van der Waals surface area (Å²) in [5.74, 6) is -0.705. The molecule has 0 fully saturated rings. The minimum atomic E-state index is -0.485. The van der Waals surface area contributed by atoms with Crippen LogP contribution in [0.25, 0.3) is 0 Å². The molecule has 2 heterocycles. The minimum absolute atomic E-state index is 0.128. The smallest absolute Gasteiger partial charge is 0.323 e. The highest BCUT2D eigenvalue weighted by molar-refractivity contribution is 6.19. The van der Waals surface area contributed by atoms with Crippen molar-refractivity contribution >= 4 is 17.8 Å². The third-order valence-corrected chi connectivity index (χ3v) is 6.02. The number of hydrogen-bond donors (Lipinski definition) is 0. The molecule has 5 nitrogen and oxygen atoms in total. The predicted octanol–water partition coefficient (Wildman–Crippen LogP) is 3.79. The molecule has 2 amide bonds.